The molecule has 2 aromatic rings. The Morgan fingerprint density at radius 1 is 0.763 bits per heavy atom. The van der Waals surface area contributed by atoms with Gasteiger partial charge >= 0.3 is 12.2 Å². The van der Waals surface area contributed by atoms with Gasteiger partial charge in [0.1, 0.15) is 11.2 Å². The van der Waals surface area contributed by atoms with E-state index in [0.717, 1.165) is 17.4 Å². The summed E-state index contributed by atoms with van der Waals surface area (Å²) in [6.45, 7) is 10.3. The van der Waals surface area contributed by atoms with E-state index in [2.05, 4.69) is 10.6 Å². The van der Waals surface area contributed by atoms with E-state index in [1.54, 1.807) is 65.8 Å². The molecule has 0 aliphatic carbocycles. The van der Waals surface area contributed by atoms with Gasteiger partial charge in [-0.1, -0.05) is 60.7 Å². The van der Waals surface area contributed by atoms with Gasteiger partial charge in [0.2, 0.25) is 0 Å². The summed E-state index contributed by atoms with van der Waals surface area (Å²) in [6, 6.07) is 17.2. The highest BCUT2D eigenvalue weighted by molar-refractivity contribution is 7.85. The lowest BCUT2D eigenvalue weighted by atomic mass is 10.1. The molecule has 11 heteroatoms. The van der Waals surface area contributed by atoms with Gasteiger partial charge < -0.3 is 25.2 Å². The molecule has 2 atom stereocenters. The van der Waals surface area contributed by atoms with E-state index in [4.69, 9.17) is 13.7 Å². The van der Waals surface area contributed by atoms with Crippen molar-refractivity contribution in [2.24, 2.45) is 0 Å². The molecule has 2 aromatic carbocycles. The fourth-order valence-electron chi connectivity index (χ4n) is 2.92. The Kier molecular flexibility index (Phi) is 12.7. The zero-order valence-electron chi connectivity index (χ0n) is 23.1. The minimum atomic E-state index is -3.59. The van der Waals surface area contributed by atoms with Crippen molar-refractivity contribution in [1.82, 2.24) is 10.6 Å². The van der Waals surface area contributed by atoms with E-state index in [0.29, 0.717) is 0 Å². The molecular weight excluding hydrogens is 512 g/mol. The maximum atomic E-state index is 11.8. The Balaban J connectivity index is 0.000000389. The molecule has 2 amide bonds. The van der Waals surface area contributed by atoms with E-state index in [1.165, 1.54) is 0 Å². The van der Waals surface area contributed by atoms with Gasteiger partial charge in [0.05, 0.1) is 31.6 Å². The van der Waals surface area contributed by atoms with Crippen molar-refractivity contribution in [2.45, 2.75) is 64.8 Å². The summed E-state index contributed by atoms with van der Waals surface area (Å²) in [5.41, 5.74) is 0.400. The van der Waals surface area contributed by atoms with Gasteiger partial charge in [0, 0.05) is 0 Å². The molecule has 0 saturated heterocycles. The second-order valence-corrected chi connectivity index (χ2v) is 12.0. The zero-order valence-corrected chi connectivity index (χ0v) is 23.9. The molecule has 0 aromatic heterocycles. The first-order valence-electron chi connectivity index (χ1n) is 12.0. The van der Waals surface area contributed by atoms with Gasteiger partial charge in [-0.3, -0.25) is 4.18 Å². The zero-order chi connectivity index (χ0) is 29.0. The van der Waals surface area contributed by atoms with Crippen LogP contribution in [0.3, 0.4) is 0 Å². The molecule has 10 nitrogen and oxygen atoms in total. The van der Waals surface area contributed by atoms with Crippen molar-refractivity contribution in [1.29, 1.82) is 0 Å². The molecular formula is C27H40N2O8S. The average molecular weight is 553 g/mol. The quantitative estimate of drug-likeness (QED) is 0.408. The van der Waals surface area contributed by atoms with Crippen LogP contribution in [-0.2, 0) is 23.8 Å². The van der Waals surface area contributed by atoms with Crippen LogP contribution in [-0.4, -0.2) is 56.4 Å². The highest BCUT2D eigenvalue weighted by Crippen LogP contribution is 2.16. The first-order valence-corrected chi connectivity index (χ1v) is 13.8. The third-order valence-electron chi connectivity index (χ3n) is 4.42. The summed E-state index contributed by atoms with van der Waals surface area (Å²) < 4.78 is 37.3. The van der Waals surface area contributed by atoms with Crippen LogP contribution in [0.15, 0.2) is 60.7 Å². The predicted octanol–water partition coefficient (Wildman–Crippen LogP) is 4.47. The number of alkyl carbamates (subject to hydrolysis) is 2. The molecule has 38 heavy (non-hydrogen) atoms. The van der Waals surface area contributed by atoms with Crippen molar-refractivity contribution < 1.29 is 36.8 Å². The number of carbonyl (C=O) groups is 2. The summed E-state index contributed by atoms with van der Waals surface area (Å²) in [4.78, 5) is 23.4. The highest BCUT2D eigenvalue weighted by Gasteiger charge is 2.22. The van der Waals surface area contributed by atoms with Gasteiger partial charge in [-0.05, 0) is 52.7 Å². The predicted molar refractivity (Wildman–Crippen MR) is 145 cm³/mol. The minimum absolute atomic E-state index is 0.163. The van der Waals surface area contributed by atoms with Crippen LogP contribution < -0.4 is 10.6 Å². The summed E-state index contributed by atoms with van der Waals surface area (Å²) in [6.07, 6.45) is -0.198. The number of hydrogen-bond donors (Lipinski definition) is 3. The standard InChI is InChI=1S/C14H21NO5S.C13H19NO3/c1-14(2,3)20-13(16)15-12(10-19-21(4,17)18)11-8-6-5-7-9-11;1-13(2,3)17-12(16)14-11(9-15)10-7-5-4-6-8-10/h5-9,12H,10H2,1-4H3,(H,15,16);4-8,11,15H,9H2,1-3H3,(H,14,16)/t12-;11-/m11/s1. The largest absolute Gasteiger partial charge is 0.444 e. The van der Waals surface area contributed by atoms with Gasteiger partial charge in [0.25, 0.3) is 10.1 Å². The third-order valence-corrected chi connectivity index (χ3v) is 4.98. The number of nitrogens with one attached hydrogen (secondary N) is 2. The number of rotatable bonds is 8. The van der Waals surface area contributed by atoms with Gasteiger partial charge in [-0.2, -0.15) is 8.42 Å². The second kappa shape index (κ2) is 14.7. The third kappa shape index (κ3) is 15.2. The summed E-state index contributed by atoms with van der Waals surface area (Å²) in [7, 11) is -3.59. The van der Waals surface area contributed by atoms with Crippen LogP contribution in [0.2, 0.25) is 0 Å². The maximum Gasteiger partial charge on any atom is 0.408 e. The lowest BCUT2D eigenvalue weighted by Gasteiger charge is -2.23. The normalized spacial score (nSPS) is 13.3. The monoisotopic (exact) mass is 552 g/mol. The van der Waals surface area contributed by atoms with E-state index in [1.807, 2.05) is 36.4 Å². The van der Waals surface area contributed by atoms with Crippen LogP contribution in [0.5, 0.6) is 0 Å². The first kappa shape index (κ1) is 32.9. The smallest absolute Gasteiger partial charge is 0.408 e. The summed E-state index contributed by atoms with van der Waals surface area (Å²) in [5, 5.41) is 14.5. The van der Waals surface area contributed by atoms with E-state index in [-0.39, 0.29) is 13.2 Å². The number of benzene rings is 2. The molecule has 2 rings (SSSR count). The molecule has 0 radical (unpaired) electrons. The molecule has 0 fully saturated rings. The molecule has 0 bridgehead atoms. The van der Waals surface area contributed by atoms with Crippen LogP contribution in [0.25, 0.3) is 0 Å². The fraction of sp³-hybridized carbons (Fsp3) is 0.481. The van der Waals surface area contributed by atoms with Gasteiger partial charge in [-0.25, -0.2) is 9.59 Å². The number of amides is 2. The summed E-state index contributed by atoms with van der Waals surface area (Å²) >= 11 is 0. The maximum absolute atomic E-state index is 11.8. The molecule has 0 aliphatic heterocycles. The van der Waals surface area contributed by atoms with Crippen LogP contribution >= 0.6 is 0 Å². The molecule has 0 aliphatic rings. The fourth-order valence-corrected chi connectivity index (χ4v) is 3.30. The van der Waals surface area contributed by atoms with Crippen molar-refractivity contribution in [3.05, 3.63) is 71.8 Å². The molecule has 0 saturated carbocycles. The minimum Gasteiger partial charge on any atom is -0.444 e. The van der Waals surface area contributed by atoms with Crippen LogP contribution in [0, 0.1) is 0 Å². The Bertz CT molecular complexity index is 1100. The van der Waals surface area contributed by atoms with Gasteiger partial charge in [0.15, 0.2) is 0 Å². The Labute approximate surface area is 225 Å². The van der Waals surface area contributed by atoms with Crippen LogP contribution in [0.4, 0.5) is 9.59 Å². The van der Waals surface area contributed by atoms with E-state index in [9.17, 15) is 23.1 Å². The number of ether oxygens (including phenoxy) is 2. The molecule has 3 N–H and O–H groups in total. The van der Waals surface area contributed by atoms with Crippen molar-refractivity contribution >= 4 is 22.3 Å². The highest BCUT2D eigenvalue weighted by atomic mass is 32.2. The van der Waals surface area contributed by atoms with Crippen molar-refractivity contribution in [3.63, 3.8) is 0 Å². The molecule has 0 spiro atoms. The lowest BCUT2D eigenvalue weighted by molar-refractivity contribution is 0.0474. The lowest BCUT2D eigenvalue weighted by Crippen LogP contribution is -2.37. The first-order chi connectivity index (χ1) is 17.5. The number of aliphatic hydroxyl groups is 1. The summed E-state index contributed by atoms with van der Waals surface area (Å²) in [5.74, 6) is 0. The topological polar surface area (TPSA) is 140 Å². The molecule has 0 unspecified atom stereocenters. The number of hydrogen-bond acceptors (Lipinski definition) is 8. The second-order valence-electron chi connectivity index (χ2n) is 10.4. The number of carbonyl (C=O) groups excluding carboxylic acids is 2. The van der Waals surface area contributed by atoms with Crippen molar-refractivity contribution in [3.8, 4) is 0 Å². The van der Waals surface area contributed by atoms with Crippen molar-refractivity contribution in [2.75, 3.05) is 19.5 Å². The average Bonchev–Trinajstić information content (AvgIpc) is 2.79. The SMILES string of the molecule is CC(C)(C)OC(=O)N[C@H](CO)c1ccccc1.CC(C)(C)OC(=O)N[C@H](COS(C)(=O)=O)c1ccccc1. The Morgan fingerprint density at radius 3 is 1.47 bits per heavy atom. The molecule has 0 heterocycles. The number of aliphatic hydroxyl groups excluding tert-OH is 1. The van der Waals surface area contributed by atoms with E-state index < -0.39 is 45.6 Å². The molecule has 212 valence electrons. The Hall–Kier alpha value is -3.15. The van der Waals surface area contributed by atoms with Crippen LogP contribution in [0.1, 0.15) is 64.8 Å². The van der Waals surface area contributed by atoms with Gasteiger partial charge in [-0.15, -0.1) is 0 Å². The van der Waals surface area contributed by atoms with E-state index >= 15 is 0 Å². The Morgan fingerprint density at radius 2 is 1.13 bits per heavy atom.